The fourth-order valence-corrected chi connectivity index (χ4v) is 6.34. The Bertz CT molecular complexity index is 1230. The number of carbonyl (C=O) groups excluding carboxylic acids is 1. The lowest BCUT2D eigenvalue weighted by atomic mass is 9.97. The molecule has 0 spiro atoms. The van der Waals surface area contributed by atoms with Crippen molar-refractivity contribution in [1.82, 2.24) is 4.31 Å². The van der Waals surface area contributed by atoms with Gasteiger partial charge in [-0.15, -0.1) is 11.3 Å². The van der Waals surface area contributed by atoms with Crippen molar-refractivity contribution < 1.29 is 26.4 Å². The summed E-state index contributed by atoms with van der Waals surface area (Å²) in [6.07, 6.45) is -4.33. The van der Waals surface area contributed by atoms with E-state index in [1.54, 1.807) is 17.4 Å². The Morgan fingerprint density at radius 1 is 0.970 bits per heavy atom. The van der Waals surface area contributed by atoms with Crippen molar-refractivity contribution in [3.63, 3.8) is 0 Å². The molecule has 0 unspecified atom stereocenters. The van der Waals surface area contributed by atoms with Crippen LogP contribution in [0.1, 0.15) is 18.4 Å². The standard InChI is InChI=1S/C23H21F3N2O3S2/c24-23(25,26)18-7-2-4-10-21(18)33(30,31)28-13-11-16(12-14-28)22(29)27-19-8-3-1-6-17(19)20-9-5-15-32-20/h1-10,15-16H,11-14H2,(H,27,29). The summed E-state index contributed by atoms with van der Waals surface area (Å²) < 4.78 is 66.8. The van der Waals surface area contributed by atoms with Crippen LogP contribution in [0.15, 0.2) is 70.9 Å². The fourth-order valence-electron chi connectivity index (χ4n) is 3.90. The van der Waals surface area contributed by atoms with Gasteiger partial charge in [-0.3, -0.25) is 4.79 Å². The van der Waals surface area contributed by atoms with Crippen LogP contribution >= 0.6 is 11.3 Å². The van der Waals surface area contributed by atoms with Crippen LogP contribution < -0.4 is 5.32 Å². The molecule has 1 aromatic heterocycles. The molecule has 1 saturated heterocycles. The number of hydrogen-bond acceptors (Lipinski definition) is 4. The second-order valence-electron chi connectivity index (χ2n) is 7.68. The number of amides is 1. The van der Waals surface area contributed by atoms with Gasteiger partial charge < -0.3 is 5.32 Å². The number of para-hydroxylation sites is 1. The van der Waals surface area contributed by atoms with E-state index in [9.17, 15) is 26.4 Å². The third kappa shape index (κ3) is 4.97. The van der Waals surface area contributed by atoms with E-state index >= 15 is 0 Å². The average molecular weight is 495 g/mol. The molecule has 3 aromatic rings. The number of alkyl halides is 3. The number of hydrogen-bond donors (Lipinski definition) is 1. The summed E-state index contributed by atoms with van der Waals surface area (Å²) >= 11 is 1.55. The summed E-state index contributed by atoms with van der Waals surface area (Å²) in [5.74, 6) is -0.669. The Hall–Kier alpha value is -2.69. The average Bonchev–Trinajstić information content (AvgIpc) is 3.34. The molecule has 0 saturated carbocycles. The zero-order valence-corrected chi connectivity index (χ0v) is 19.0. The number of thiophene rings is 1. The molecule has 2 aromatic carbocycles. The van der Waals surface area contributed by atoms with E-state index in [1.165, 1.54) is 6.07 Å². The molecular weight excluding hydrogens is 473 g/mol. The highest BCUT2D eigenvalue weighted by molar-refractivity contribution is 7.89. The zero-order valence-electron chi connectivity index (χ0n) is 17.4. The number of benzene rings is 2. The normalized spacial score (nSPS) is 16.0. The van der Waals surface area contributed by atoms with Gasteiger partial charge in [0, 0.05) is 35.1 Å². The first-order valence-electron chi connectivity index (χ1n) is 10.3. The van der Waals surface area contributed by atoms with Crippen LogP contribution in [0, 0.1) is 5.92 Å². The van der Waals surface area contributed by atoms with Crippen LogP contribution in [0.2, 0.25) is 0 Å². The molecule has 0 atom stereocenters. The van der Waals surface area contributed by atoms with Crippen molar-refractivity contribution in [3.05, 3.63) is 71.6 Å². The summed E-state index contributed by atoms with van der Waals surface area (Å²) in [7, 11) is -4.34. The molecule has 0 radical (unpaired) electrons. The number of anilines is 1. The quantitative estimate of drug-likeness (QED) is 0.511. The largest absolute Gasteiger partial charge is 0.417 e. The van der Waals surface area contributed by atoms with Crippen molar-refractivity contribution in [2.75, 3.05) is 18.4 Å². The van der Waals surface area contributed by atoms with Crippen LogP contribution in [0.4, 0.5) is 18.9 Å². The van der Waals surface area contributed by atoms with Gasteiger partial charge in [0.1, 0.15) is 0 Å². The molecule has 10 heteroatoms. The summed E-state index contributed by atoms with van der Waals surface area (Å²) in [6.45, 7) is -0.0572. The summed E-state index contributed by atoms with van der Waals surface area (Å²) in [5.41, 5.74) is 0.374. The minimum Gasteiger partial charge on any atom is -0.325 e. The highest BCUT2D eigenvalue weighted by Gasteiger charge is 2.40. The summed E-state index contributed by atoms with van der Waals surface area (Å²) in [5, 5.41) is 4.88. The second-order valence-corrected chi connectivity index (χ2v) is 10.5. The third-order valence-electron chi connectivity index (χ3n) is 5.61. The van der Waals surface area contributed by atoms with Crippen LogP contribution in [0.3, 0.4) is 0 Å². The Morgan fingerprint density at radius 2 is 1.64 bits per heavy atom. The molecule has 1 aliphatic heterocycles. The van der Waals surface area contributed by atoms with Crippen molar-refractivity contribution >= 4 is 33.0 Å². The molecule has 4 rings (SSSR count). The lowest BCUT2D eigenvalue weighted by Gasteiger charge is -2.31. The van der Waals surface area contributed by atoms with Crippen LogP contribution in [0.5, 0.6) is 0 Å². The SMILES string of the molecule is O=C(Nc1ccccc1-c1cccs1)C1CCN(S(=O)(=O)c2ccccc2C(F)(F)F)CC1. The first-order valence-corrected chi connectivity index (χ1v) is 12.6. The topological polar surface area (TPSA) is 66.5 Å². The van der Waals surface area contributed by atoms with E-state index in [1.807, 2.05) is 35.7 Å². The van der Waals surface area contributed by atoms with Crippen molar-refractivity contribution in [2.24, 2.45) is 5.92 Å². The van der Waals surface area contributed by atoms with Crippen molar-refractivity contribution in [2.45, 2.75) is 23.9 Å². The van der Waals surface area contributed by atoms with Gasteiger partial charge in [-0.25, -0.2) is 8.42 Å². The molecule has 1 aliphatic rings. The second kappa shape index (κ2) is 9.28. The van der Waals surface area contributed by atoms with E-state index in [2.05, 4.69) is 5.32 Å². The van der Waals surface area contributed by atoms with Gasteiger partial charge in [-0.1, -0.05) is 36.4 Å². The van der Waals surface area contributed by atoms with E-state index in [4.69, 9.17) is 0 Å². The van der Waals surface area contributed by atoms with E-state index in [0.717, 1.165) is 32.9 Å². The maximum absolute atomic E-state index is 13.3. The lowest BCUT2D eigenvalue weighted by molar-refractivity contribution is -0.139. The van der Waals surface area contributed by atoms with Gasteiger partial charge in [0.15, 0.2) is 0 Å². The highest BCUT2D eigenvalue weighted by atomic mass is 32.2. The van der Waals surface area contributed by atoms with Gasteiger partial charge in [0.2, 0.25) is 15.9 Å². The Morgan fingerprint density at radius 3 is 2.30 bits per heavy atom. The molecular formula is C23H21F3N2O3S2. The Balaban J connectivity index is 1.46. The van der Waals surface area contributed by atoms with E-state index < -0.39 is 32.6 Å². The number of sulfonamides is 1. The number of rotatable bonds is 5. The summed E-state index contributed by atoms with van der Waals surface area (Å²) in [4.78, 5) is 13.1. The molecule has 1 fully saturated rings. The van der Waals surface area contributed by atoms with Crippen molar-refractivity contribution in [3.8, 4) is 10.4 Å². The Labute approximate surface area is 193 Å². The minimum absolute atomic E-state index is 0.0286. The first kappa shape index (κ1) is 23.5. The molecule has 0 aliphatic carbocycles. The lowest BCUT2D eigenvalue weighted by Crippen LogP contribution is -2.41. The third-order valence-corrected chi connectivity index (χ3v) is 8.47. The van der Waals surface area contributed by atoms with Gasteiger partial charge in [0.05, 0.1) is 10.5 Å². The van der Waals surface area contributed by atoms with Crippen LogP contribution in [0.25, 0.3) is 10.4 Å². The molecule has 1 N–H and O–H groups in total. The Kier molecular flexibility index (Phi) is 6.60. The molecule has 5 nitrogen and oxygen atoms in total. The predicted molar refractivity (Wildman–Crippen MR) is 121 cm³/mol. The number of nitrogens with zero attached hydrogens (tertiary/aromatic N) is 1. The zero-order chi connectivity index (χ0) is 23.6. The fraction of sp³-hybridized carbons (Fsp3) is 0.261. The molecule has 1 amide bonds. The van der Waals surface area contributed by atoms with Crippen LogP contribution in [-0.2, 0) is 21.0 Å². The number of halogens is 3. The summed E-state index contributed by atoms with van der Waals surface area (Å²) in [6, 6.07) is 15.5. The number of piperidine rings is 1. The number of carbonyl (C=O) groups is 1. The smallest absolute Gasteiger partial charge is 0.325 e. The van der Waals surface area contributed by atoms with Gasteiger partial charge >= 0.3 is 6.18 Å². The van der Waals surface area contributed by atoms with Crippen molar-refractivity contribution in [1.29, 1.82) is 0 Å². The molecule has 0 bridgehead atoms. The number of nitrogens with one attached hydrogen (secondary N) is 1. The van der Waals surface area contributed by atoms with Gasteiger partial charge in [-0.2, -0.15) is 17.5 Å². The first-order chi connectivity index (χ1) is 15.7. The van der Waals surface area contributed by atoms with Crippen LogP contribution in [-0.4, -0.2) is 31.7 Å². The maximum Gasteiger partial charge on any atom is 0.417 e. The molecule has 33 heavy (non-hydrogen) atoms. The molecule has 2 heterocycles. The minimum atomic E-state index is -4.78. The monoisotopic (exact) mass is 494 g/mol. The molecule has 174 valence electrons. The van der Waals surface area contributed by atoms with Gasteiger partial charge in [-0.05, 0) is 42.5 Å². The maximum atomic E-state index is 13.3. The predicted octanol–water partition coefficient (Wildman–Crippen LogP) is 5.47. The van der Waals surface area contributed by atoms with E-state index in [0.29, 0.717) is 5.69 Å². The van der Waals surface area contributed by atoms with E-state index in [-0.39, 0.29) is 31.8 Å². The highest BCUT2D eigenvalue weighted by Crippen LogP contribution is 2.36. The van der Waals surface area contributed by atoms with Gasteiger partial charge in [0.25, 0.3) is 0 Å².